The lowest BCUT2D eigenvalue weighted by molar-refractivity contribution is 0.366. The average Bonchev–Trinajstić information content (AvgIpc) is 3.50. The third kappa shape index (κ3) is 12.0. The van der Waals surface area contributed by atoms with Crippen molar-refractivity contribution < 1.29 is 0 Å². The number of rotatable bonds is 22. The molecular formula is C36H54N2. The van der Waals surface area contributed by atoms with E-state index in [2.05, 4.69) is 83.3 Å². The molecule has 1 heterocycles. The zero-order chi connectivity index (χ0) is 26.5. The van der Waals surface area contributed by atoms with Crippen LogP contribution in [0.25, 0.3) is 0 Å². The summed E-state index contributed by atoms with van der Waals surface area (Å²) in [7, 11) is 0. The van der Waals surface area contributed by atoms with Crippen LogP contribution in [0.1, 0.15) is 139 Å². The van der Waals surface area contributed by atoms with Crippen LogP contribution in [0.3, 0.4) is 0 Å². The Labute approximate surface area is 234 Å². The summed E-state index contributed by atoms with van der Waals surface area (Å²) >= 11 is 0. The van der Waals surface area contributed by atoms with Gasteiger partial charge in [-0.3, -0.25) is 0 Å². The molecular weight excluding hydrogens is 460 g/mol. The second-order valence-electron chi connectivity index (χ2n) is 11.4. The zero-order valence-electron chi connectivity index (χ0n) is 24.3. The number of unbranched alkanes of at least 4 members (excludes halogenated alkanes) is 15. The van der Waals surface area contributed by atoms with E-state index in [9.17, 15) is 0 Å². The maximum Gasteiger partial charge on any atom is 0.0948 e. The highest BCUT2D eigenvalue weighted by Gasteiger charge is 2.24. The zero-order valence-corrected chi connectivity index (χ0v) is 24.3. The highest BCUT2D eigenvalue weighted by molar-refractivity contribution is 5.25. The molecule has 0 saturated carbocycles. The van der Waals surface area contributed by atoms with Gasteiger partial charge >= 0.3 is 0 Å². The summed E-state index contributed by atoms with van der Waals surface area (Å²) in [5.74, 6) is 0.448. The first-order chi connectivity index (χ1) is 18.9. The van der Waals surface area contributed by atoms with E-state index in [4.69, 9.17) is 0 Å². The summed E-state index contributed by atoms with van der Waals surface area (Å²) < 4.78 is 2.37. The molecule has 0 aliphatic rings. The molecule has 0 amide bonds. The van der Waals surface area contributed by atoms with E-state index in [0.29, 0.717) is 12.0 Å². The van der Waals surface area contributed by atoms with Crippen molar-refractivity contribution >= 4 is 0 Å². The second-order valence-corrected chi connectivity index (χ2v) is 11.4. The van der Waals surface area contributed by atoms with Crippen LogP contribution in [0.2, 0.25) is 0 Å². The van der Waals surface area contributed by atoms with Crippen molar-refractivity contribution in [1.29, 1.82) is 0 Å². The molecule has 0 N–H and O–H groups in total. The topological polar surface area (TPSA) is 17.8 Å². The molecule has 2 heteroatoms. The third-order valence-corrected chi connectivity index (χ3v) is 8.25. The van der Waals surface area contributed by atoms with Crippen molar-refractivity contribution in [2.75, 3.05) is 0 Å². The molecule has 3 aromatic rings. The van der Waals surface area contributed by atoms with Crippen LogP contribution < -0.4 is 0 Å². The standard InChI is InChI=1S/C36H54N2/c1-2-3-4-5-6-7-8-9-10-11-12-13-14-15-16-23-28-36(38-30-29-37-32-38)35(34-26-21-18-22-27-34)31-33-24-19-17-20-25-33/h17-22,24-27,29-30,32,35-36H,2-16,23,28,31H2,1H3. The fraction of sp³-hybridized carbons (Fsp3) is 0.583. The van der Waals surface area contributed by atoms with Crippen LogP contribution in [0.4, 0.5) is 0 Å². The van der Waals surface area contributed by atoms with Gasteiger partial charge in [0.15, 0.2) is 0 Å². The molecule has 2 nitrogen and oxygen atoms in total. The van der Waals surface area contributed by atoms with Crippen molar-refractivity contribution in [3.05, 3.63) is 90.5 Å². The van der Waals surface area contributed by atoms with Crippen LogP contribution >= 0.6 is 0 Å². The summed E-state index contributed by atoms with van der Waals surface area (Å²) in [5, 5.41) is 0. The average molecular weight is 515 g/mol. The molecule has 38 heavy (non-hydrogen) atoms. The first-order valence-electron chi connectivity index (χ1n) is 15.9. The van der Waals surface area contributed by atoms with E-state index in [1.807, 2.05) is 12.5 Å². The molecule has 0 aliphatic carbocycles. The minimum atomic E-state index is 0.437. The first-order valence-corrected chi connectivity index (χ1v) is 15.9. The molecule has 0 bridgehead atoms. The highest BCUT2D eigenvalue weighted by atomic mass is 15.1. The van der Waals surface area contributed by atoms with Gasteiger partial charge in [0.2, 0.25) is 0 Å². The van der Waals surface area contributed by atoms with E-state index in [1.54, 1.807) is 0 Å². The van der Waals surface area contributed by atoms with Crippen LogP contribution in [-0.4, -0.2) is 9.55 Å². The van der Waals surface area contributed by atoms with E-state index in [1.165, 1.54) is 120 Å². The van der Waals surface area contributed by atoms with E-state index >= 15 is 0 Å². The minimum Gasteiger partial charge on any atom is -0.334 e. The molecule has 0 fully saturated rings. The van der Waals surface area contributed by atoms with Gasteiger partial charge in [0.1, 0.15) is 0 Å². The quantitative estimate of drug-likeness (QED) is 0.122. The van der Waals surface area contributed by atoms with E-state index < -0.39 is 0 Å². The number of nitrogens with zero attached hydrogens (tertiary/aromatic N) is 2. The lowest BCUT2D eigenvalue weighted by Crippen LogP contribution is -2.19. The molecule has 1 aromatic heterocycles. The molecule has 0 radical (unpaired) electrons. The fourth-order valence-electron chi connectivity index (χ4n) is 5.97. The van der Waals surface area contributed by atoms with Gasteiger partial charge in [-0.25, -0.2) is 4.98 Å². The first kappa shape index (κ1) is 30.2. The van der Waals surface area contributed by atoms with Gasteiger partial charge in [0.05, 0.1) is 6.33 Å². The summed E-state index contributed by atoms with van der Waals surface area (Å²) in [6, 6.07) is 22.6. The van der Waals surface area contributed by atoms with Crippen LogP contribution in [0.15, 0.2) is 79.4 Å². The highest BCUT2D eigenvalue weighted by Crippen LogP contribution is 2.36. The van der Waals surface area contributed by atoms with Gasteiger partial charge in [-0.2, -0.15) is 0 Å². The molecule has 0 saturated heterocycles. The Morgan fingerprint density at radius 3 is 1.61 bits per heavy atom. The molecule has 2 atom stereocenters. The minimum absolute atomic E-state index is 0.437. The van der Waals surface area contributed by atoms with Crippen molar-refractivity contribution in [3.63, 3.8) is 0 Å². The number of hydrogen-bond acceptors (Lipinski definition) is 1. The van der Waals surface area contributed by atoms with Gasteiger partial charge in [-0.15, -0.1) is 0 Å². The Hall–Kier alpha value is -2.35. The number of aromatic nitrogens is 2. The largest absolute Gasteiger partial charge is 0.334 e. The normalized spacial score (nSPS) is 13.0. The molecule has 3 rings (SSSR count). The van der Waals surface area contributed by atoms with Gasteiger partial charge in [0.25, 0.3) is 0 Å². The summed E-state index contributed by atoms with van der Waals surface area (Å²) in [6.45, 7) is 2.30. The molecule has 2 aromatic carbocycles. The maximum absolute atomic E-state index is 4.41. The van der Waals surface area contributed by atoms with Gasteiger partial charge < -0.3 is 4.57 Å². The van der Waals surface area contributed by atoms with Crippen molar-refractivity contribution in [2.45, 2.75) is 134 Å². The van der Waals surface area contributed by atoms with Crippen LogP contribution in [0.5, 0.6) is 0 Å². The number of hydrogen-bond donors (Lipinski definition) is 0. The Bertz CT molecular complexity index is 903. The number of imidazole rings is 1. The molecule has 0 aliphatic heterocycles. The van der Waals surface area contributed by atoms with E-state index in [0.717, 1.165) is 6.42 Å². The van der Waals surface area contributed by atoms with Gasteiger partial charge in [-0.1, -0.05) is 170 Å². The predicted octanol–water partition coefficient (Wildman–Crippen LogP) is 11.1. The van der Waals surface area contributed by atoms with Crippen LogP contribution in [-0.2, 0) is 6.42 Å². The monoisotopic (exact) mass is 514 g/mol. The fourth-order valence-corrected chi connectivity index (χ4v) is 5.97. The Balaban J connectivity index is 1.35. The predicted molar refractivity (Wildman–Crippen MR) is 165 cm³/mol. The van der Waals surface area contributed by atoms with Gasteiger partial charge in [-0.05, 0) is 24.0 Å². The van der Waals surface area contributed by atoms with Crippen molar-refractivity contribution in [1.82, 2.24) is 9.55 Å². The lowest BCUT2D eigenvalue weighted by Gasteiger charge is -2.29. The second kappa shape index (κ2) is 19.7. The summed E-state index contributed by atoms with van der Waals surface area (Å²) in [4.78, 5) is 4.41. The Kier molecular flexibility index (Phi) is 15.6. The molecule has 208 valence electrons. The van der Waals surface area contributed by atoms with E-state index in [-0.39, 0.29) is 0 Å². The van der Waals surface area contributed by atoms with Gasteiger partial charge in [0, 0.05) is 24.4 Å². The van der Waals surface area contributed by atoms with Crippen LogP contribution in [0, 0.1) is 0 Å². The third-order valence-electron chi connectivity index (χ3n) is 8.25. The number of benzene rings is 2. The van der Waals surface area contributed by atoms with Crippen molar-refractivity contribution in [2.24, 2.45) is 0 Å². The molecule has 2 unspecified atom stereocenters. The smallest absolute Gasteiger partial charge is 0.0948 e. The lowest BCUT2D eigenvalue weighted by atomic mass is 9.83. The molecule has 0 spiro atoms. The SMILES string of the molecule is CCCCCCCCCCCCCCCCCCC(C(Cc1ccccc1)c1ccccc1)n1ccnc1. The Morgan fingerprint density at radius 2 is 1.11 bits per heavy atom. The Morgan fingerprint density at radius 1 is 0.605 bits per heavy atom. The summed E-state index contributed by atoms with van der Waals surface area (Å²) in [5.41, 5.74) is 2.85. The summed E-state index contributed by atoms with van der Waals surface area (Å²) in [6.07, 6.45) is 31.1. The maximum atomic E-state index is 4.41. The van der Waals surface area contributed by atoms with Crippen molar-refractivity contribution in [3.8, 4) is 0 Å².